The molecule has 0 atom stereocenters. The topological polar surface area (TPSA) is 12.9 Å². The molecule has 4 rings (SSSR count). The highest BCUT2D eigenvalue weighted by molar-refractivity contribution is 6.30. The molecule has 0 N–H and O–H groups in total. The zero-order valence-corrected chi connectivity index (χ0v) is 12.0. The van der Waals surface area contributed by atoms with E-state index >= 15 is 0 Å². The standard InChI is InChI=1S/C19H12ClN/c20-14-11-9-13(10-12-14)19-15-5-1-3-7-17(15)21-18-8-4-2-6-16(18)19/h1-12H. The highest BCUT2D eigenvalue weighted by atomic mass is 35.5. The Morgan fingerprint density at radius 1 is 0.619 bits per heavy atom. The van der Waals surface area contributed by atoms with Crippen LogP contribution in [0.25, 0.3) is 32.9 Å². The Balaban J connectivity index is 2.18. The minimum absolute atomic E-state index is 0.751. The lowest BCUT2D eigenvalue weighted by Gasteiger charge is -2.11. The number of nitrogens with zero attached hydrogens (tertiary/aromatic N) is 1. The molecule has 0 amide bonds. The van der Waals surface area contributed by atoms with Crippen molar-refractivity contribution in [2.24, 2.45) is 0 Å². The SMILES string of the molecule is Clc1ccc(-c2c3ccccc3nc3ccccc23)cc1. The van der Waals surface area contributed by atoms with Gasteiger partial charge in [-0.25, -0.2) is 4.98 Å². The molecule has 0 fully saturated rings. The molecular weight excluding hydrogens is 278 g/mol. The Hall–Kier alpha value is -2.38. The number of aromatic nitrogens is 1. The van der Waals surface area contributed by atoms with E-state index in [1.54, 1.807) is 0 Å². The summed E-state index contributed by atoms with van der Waals surface area (Å²) in [6.07, 6.45) is 0. The Kier molecular flexibility index (Phi) is 2.87. The van der Waals surface area contributed by atoms with Gasteiger partial charge in [-0.15, -0.1) is 0 Å². The highest BCUT2D eigenvalue weighted by Gasteiger charge is 2.10. The number of hydrogen-bond acceptors (Lipinski definition) is 1. The van der Waals surface area contributed by atoms with Gasteiger partial charge in [-0.05, 0) is 29.8 Å². The summed E-state index contributed by atoms with van der Waals surface area (Å²) in [5.41, 5.74) is 4.41. The van der Waals surface area contributed by atoms with Gasteiger partial charge in [0, 0.05) is 21.4 Å². The second kappa shape index (κ2) is 4.87. The van der Waals surface area contributed by atoms with E-state index in [0.29, 0.717) is 0 Å². The lowest BCUT2D eigenvalue weighted by Crippen LogP contribution is -1.88. The minimum Gasteiger partial charge on any atom is -0.248 e. The van der Waals surface area contributed by atoms with E-state index in [4.69, 9.17) is 16.6 Å². The van der Waals surface area contributed by atoms with E-state index < -0.39 is 0 Å². The van der Waals surface area contributed by atoms with Gasteiger partial charge in [0.15, 0.2) is 0 Å². The molecule has 0 spiro atoms. The molecule has 0 aliphatic rings. The van der Waals surface area contributed by atoms with Gasteiger partial charge >= 0.3 is 0 Å². The molecule has 100 valence electrons. The number of pyridine rings is 1. The lowest BCUT2D eigenvalue weighted by atomic mass is 9.96. The Labute approximate surface area is 127 Å². The van der Waals surface area contributed by atoms with Gasteiger partial charge in [0.1, 0.15) is 0 Å². The highest BCUT2D eigenvalue weighted by Crippen LogP contribution is 2.34. The minimum atomic E-state index is 0.751. The monoisotopic (exact) mass is 289 g/mol. The summed E-state index contributed by atoms with van der Waals surface area (Å²) in [4.78, 5) is 4.76. The van der Waals surface area contributed by atoms with Crippen molar-refractivity contribution in [1.82, 2.24) is 4.98 Å². The van der Waals surface area contributed by atoms with Crippen LogP contribution in [0.1, 0.15) is 0 Å². The van der Waals surface area contributed by atoms with Crippen molar-refractivity contribution in [2.75, 3.05) is 0 Å². The predicted octanol–water partition coefficient (Wildman–Crippen LogP) is 5.71. The molecule has 0 unspecified atom stereocenters. The van der Waals surface area contributed by atoms with E-state index in [1.165, 1.54) is 16.3 Å². The largest absolute Gasteiger partial charge is 0.248 e. The molecule has 3 aromatic carbocycles. The van der Waals surface area contributed by atoms with E-state index in [1.807, 2.05) is 24.3 Å². The van der Waals surface area contributed by atoms with Gasteiger partial charge in [-0.1, -0.05) is 60.1 Å². The second-order valence-electron chi connectivity index (χ2n) is 5.03. The van der Waals surface area contributed by atoms with Gasteiger partial charge in [-0.3, -0.25) is 0 Å². The average molecular weight is 290 g/mol. The quantitative estimate of drug-likeness (QED) is 0.409. The fourth-order valence-corrected chi connectivity index (χ4v) is 2.89. The number of fused-ring (bicyclic) bond motifs is 2. The molecule has 4 aromatic rings. The van der Waals surface area contributed by atoms with Crippen LogP contribution in [0.2, 0.25) is 5.02 Å². The molecule has 21 heavy (non-hydrogen) atoms. The van der Waals surface area contributed by atoms with Gasteiger partial charge in [-0.2, -0.15) is 0 Å². The fourth-order valence-electron chi connectivity index (χ4n) is 2.77. The van der Waals surface area contributed by atoms with Crippen LogP contribution >= 0.6 is 11.6 Å². The zero-order valence-electron chi connectivity index (χ0n) is 11.3. The second-order valence-corrected chi connectivity index (χ2v) is 5.46. The summed E-state index contributed by atoms with van der Waals surface area (Å²) in [6.45, 7) is 0. The van der Waals surface area contributed by atoms with Crippen LogP contribution in [0.4, 0.5) is 0 Å². The molecule has 0 bridgehead atoms. The van der Waals surface area contributed by atoms with E-state index in [2.05, 4.69) is 48.5 Å². The van der Waals surface area contributed by atoms with Crippen molar-refractivity contribution in [1.29, 1.82) is 0 Å². The zero-order chi connectivity index (χ0) is 14.2. The number of halogens is 1. The Bertz CT molecular complexity index is 888. The molecule has 0 radical (unpaired) electrons. The maximum Gasteiger partial charge on any atom is 0.0715 e. The van der Waals surface area contributed by atoms with Crippen molar-refractivity contribution >= 4 is 33.4 Å². The van der Waals surface area contributed by atoms with Crippen molar-refractivity contribution in [3.05, 3.63) is 77.8 Å². The Morgan fingerprint density at radius 2 is 1.14 bits per heavy atom. The summed E-state index contributed by atoms with van der Waals surface area (Å²) in [7, 11) is 0. The third-order valence-corrected chi connectivity index (χ3v) is 3.97. The van der Waals surface area contributed by atoms with Gasteiger partial charge in [0.05, 0.1) is 11.0 Å². The van der Waals surface area contributed by atoms with Crippen LogP contribution in [0.15, 0.2) is 72.8 Å². The summed E-state index contributed by atoms with van der Waals surface area (Å²) in [5.74, 6) is 0. The van der Waals surface area contributed by atoms with Gasteiger partial charge in [0.25, 0.3) is 0 Å². The molecule has 2 heteroatoms. The first-order chi connectivity index (χ1) is 10.3. The van der Waals surface area contributed by atoms with Crippen molar-refractivity contribution in [3.8, 4) is 11.1 Å². The molecule has 0 aliphatic heterocycles. The molecule has 0 saturated carbocycles. The van der Waals surface area contributed by atoms with Crippen LogP contribution in [0, 0.1) is 0 Å². The molecule has 1 aromatic heterocycles. The number of rotatable bonds is 1. The smallest absolute Gasteiger partial charge is 0.0715 e. The number of hydrogen-bond donors (Lipinski definition) is 0. The van der Waals surface area contributed by atoms with Gasteiger partial charge in [0.2, 0.25) is 0 Å². The third-order valence-electron chi connectivity index (χ3n) is 3.72. The van der Waals surface area contributed by atoms with Gasteiger partial charge < -0.3 is 0 Å². The average Bonchev–Trinajstić information content (AvgIpc) is 2.53. The third kappa shape index (κ3) is 2.07. The molecule has 0 saturated heterocycles. The van der Waals surface area contributed by atoms with Crippen LogP contribution < -0.4 is 0 Å². The normalized spacial score (nSPS) is 11.1. The van der Waals surface area contributed by atoms with Crippen LogP contribution in [0.3, 0.4) is 0 Å². The van der Waals surface area contributed by atoms with Crippen molar-refractivity contribution in [2.45, 2.75) is 0 Å². The molecule has 1 heterocycles. The molecule has 1 nitrogen and oxygen atoms in total. The van der Waals surface area contributed by atoms with E-state index in [-0.39, 0.29) is 0 Å². The van der Waals surface area contributed by atoms with Crippen molar-refractivity contribution < 1.29 is 0 Å². The van der Waals surface area contributed by atoms with Crippen LogP contribution in [-0.4, -0.2) is 4.98 Å². The first kappa shape index (κ1) is 12.4. The fraction of sp³-hybridized carbons (Fsp3) is 0. The van der Waals surface area contributed by atoms with E-state index in [9.17, 15) is 0 Å². The molecular formula is C19H12ClN. The van der Waals surface area contributed by atoms with Crippen LogP contribution in [0.5, 0.6) is 0 Å². The lowest BCUT2D eigenvalue weighted by molar-refractivity contribution is 1.49. The summed E-state index contributed by atoms with van der Waals surface area (Å²) in [5, 5.41) is 3.08. The first-order valence-electron chi connectivity index (χ1n) is 6.86. The number of benzene rings is 3. The van der Waals surface area contributed by atoms with Crippen molar-refractivity contribution in [3.63, 3.8) is 0 Å². The predicted molar refractivity (Wildman–Crippen MR) is 89.7 cm³/mol. The first-order valence-corrected chi connectivity index (χ1v) is 7.24. The van der Waals surface area contributed by atoms with E-state index in [0.717, 1.165) is 21.6 Å². The maximum atomic E-state index is 6.02. The molecule has 0 aliphatic carbocycles. The maximum absolute atomic E-state index is 6.02. The summed E-state index contributed by atoms with van der Waals surface area (Å²) < 4.78 is 0. The Morgan fingerprint density at radius 3 is 1.71 bits per heavy atom. The summed E-state index contributed by atoms with van der Waals surface area (Å²) in [6, 6.07) is 24.5. The van der Waals surface area contributed by atoms with Crippen LogP contribution in [-0.2, 0) is 0 Å². The number of para-hydroxylation sites is 2. The summed E-state index contributed by atoms with van der Waals surface area (Å²) >= 11 is 6.02.